The van der Waals surface area contributed by atoms with E-state index >= 15 is 0 Å². The van der Waals surface area contributed by atoms with Crippen LogP contribution in [0.3, 0.4) is 0 Å². The number of nitrogen functional groups attached to an aromatic ring is 1. The van der Waals surface area contributed by atoms with Crippen LogP contribution < -0.4 is 10.6 Å². The van der Waals surface area contributed by atoms with Crippen molar-refractivity contribution in [1.29, 1.82) is 0 Å². The van der Waals surface area contributed by atoms with E-state index in [9.17, 15) is 0 Å². The molecule has 0 aromatic heterocycles. The molecule has 0 bridgehead atoms. The van der Waals surface area contributed by atoms with Gasteiger partial charge in [0.2, 0.25) is 0 Å². The number of nitrogens with zero attached hydrogens (tertiary/aromatic N) is 1. The van der Waals surface area contributed by atoms with Crippen molar-refractivity contribution in [3.05, 3.63) is 57.2 Å². The summed E-state index contributed by atoms with van der Waals surface area (Å²) in [5.74, 6) is 0. The van der Waals surface area contributed by atoms with Gasteiger partial charge < -0.3 is 10.6 Å². The summed E-state index contributed by atoms with van der Waals surface area (Å²) >= 11 is 2.33. The highest BCUT2D eigenvalue weighted by molar-refractivity contribution is 14.1. The minimum atomic E-state index is 0.855. The lowest BCUT2D eigenvalue weighted by atomic mass is 10.1. The Balaban J connectivity index is 1.88. The minimum absolute atomic E-state index is 0.855. The van der Waals surface area contributed by atoms with Gasteiger partial charge in [0.1, 0.15) is 0 Å². The number of nitrogens with two attached hydrogens (primary N) is 1. The quantitative estimate of drug-likeness (QED) is 0.639. The lowest BCUT2D eigenvalue weighted by molar-refractivity contribution is 0.880. The molecule has 86 valence electrons. The molecule has 2 aromatic rings. The van der Waals surface area contributed by atoms with Crippen molar-refractivity contribution in [2.75, 3.05) is 10.6 Å². The van der Waals surface area contributed by atoms with Gasteiger partial charge in [-0.3, -0.25) is 0 Å². The highest BCUT2D eigenvalue weighted by atomic mass is 127. The molecule has 3 rings (SSSR count). The molecule has 1 aliphatic heterocycles. The van der Waals surface area contributed by atoms with Gasteiger partial charge in [0, 0.05) is 28.0 Å². The monoisotopic (exact) mass is 336 g/mol. The molecule has 0 amide bonds. The fourth-order valence-corrected chi connectivity index (χ4v) is 2.61. The number of anilines is 2. The fourth-order valence-electron chi connectivity index (χ4n) is 2.25. The number of rotatable bonds is 1. The van der Waals surface area contributed by atoms with Crippen LogP contribution in [0.5, 0.6) is 0 Å². The van der Waals surface area contributed by atoms with E-state index in [-0.39, 0.29) is 0 Å². The molecule has 1 heterocycles. The molecule has 0 fully saturated rings. The van der Waals surface area contributed by atoms with Gasteiger partial charge in [-0.05, 0) is 70.1 Å². The first-order valence-corrected chi connectivity index (χ1v) is 6.68. The van der Waals surface area contributed by atoms with Gasteiger partial charge in [0.05, 0.1) is 0 Å². The van der Waals surface area contributed by atoms with Gasteiger partial charge in [0.15, 0.2) is 0 Å². The molecular formula is C14H13IN2. The molecule has 0 aliphatic carbocycles. The topological polar surface area (TPSA) is 29.3 Å². The number of halogens is 1. The Hall–Kier alpha value is -1.23. The summed E-state index contributed by atoms with van der Waals surface area (Å²) in [5.41, 5.74) is 10.7. The number of hydrogen-bond acceptors (Lipinski definition) is 2. The Labute approximate surface area is 115 Å². The van der Waals surface area contributed by atoms with E-state index in [1.165, 1.54) is 20.4 Å². The van der Waals surface area contributed by atoms with Crippen LogP contribution in [0, 0.1) is 3.57 Å². The normalized spacial score (nSPS) is 13.8. The molecule has 1 aliphatic rings. The standard InChI is InChI=1S/C14H13IN2/c15-12-2-5-14(6-3-12)17-8-10-1-4-13(16)7-11(10)9-17/h1-7H,8-9,16H2. The van der Waals surface area contributed by atoms with Gasteiger partial charge in [-0.1, -0.05) is 6.07 Å². The molecule has 0 radical (unpaired) electrons. The highest BCUT2D eigenvalue weighted by Crippen LogP contribution is 2.29. The molecule has 0 saturated heterocycles. The summed E-state index contributed by atoms with van der Waals surface area (Å²) in [6.07, 6.45) is 0. The van der Waals surface area contributed by atoms with E-state index in [0.29, 0.717) is 0 Å². The van der Waals surface area contributed by atoms with Crippen LogP contribution in [0.1, 0.15) is 11.1 Å². The van der Waals surface area contributed by atoms with E-state index in [1.807, 2.05) is 6.07 Å². The fraction of sp³-hybridized carbons (Fsp3) is 0.143. The van der Waals surface area contributed by atoms with Crippen LogP contribution in [0.2, 0.25) is 0 Å². The molecule has 2 nitrogen and oxygen atoms in total. The predicted molar refractivity (Wildman–Crippen MR) is 79.9 cm³/mol. The van der Waals surface area contributed by atoms with E-state index in [2.05, 4.69) is 63.9 Å². The first kappa shape index (κ1) is 10.9. The van der Waals surface area contributed by atoms with Crippen LogP contribution in [0.4, 0.5) is 11.4 Å². The van der Waals surface area contributed by atoms with Crippen molar-refractivity contribution in [1.82, 2.24) is 0 Å². The predicted octanol–water partition coefficient (Wildman–Crippen LogP) is 3.39. The summed E-state index contributed by atoms with van der Waals surface area (Å²) in [6.45, 7) is 1.94. The first-order valence-electron chi connectivity index (χ1n) is 5.60. The molecule has 17 heavy (non-hydrogen) atoms. The zero-order valence-corrected chi connectivity index (χ0v) is 11.5. The van der Waals surface area contributed by atoms with Gasteiger partial charge in [-0.2, -0.15) is 0 Å². The molecule has 2 N–H and O–H groups in total. The van der Waals surface area contributed by atoms with Gasteiger partial charge >= 0.3 is 0 Å². The zero-order chi connectivity index (χ0) is 11.8. The number of benzene rings is 2. The third-order valence-corrected chi connectivity index (χ3v) is 3.86. The SMILES string of the molecule is Nc1ccc2c(c1)CN(c1ccc(I)cc1)C2. The van der Waals surface area contributed by atoms with E-state index < -0.39 is 0 Å². The van der Waals surface area contributed by atoms with Gasteiger partial charge in [-0.15, -0.1) is 0 Å². The maximum absolute atomic E-state index is 5.82. The number of fused-ring (bicyclic) bond motifs is 1. The third-order valence-electron chi connectivity index (χ3n) is 3.14. The first-order chi connectivity index (χ1) is 8.22. The van der Waals surface area contributed by atoms with E-state index in [4.69, 9.17) is 5.73 Å². The lowest BCUT2D eigenvalue weighted by Crippen LogP contribution is -2.14. The smallest absolute Gasteiger partial charge is 0.0437 e. The third kappa shape index (κ3) is 2.11. The largest absolute Gasteiger partial charge is 0.399 e. The Morgan fingerprint density at radius 3 is 2.41 bits per heavy atom. The van der Waals surface area contributed by atoms with E-state index in [0.717, 1.165) is 18.8 Å². The molecule has 2 aromatic carbocycles. The van der Waals surface area contributed by atoms with Crippen LogP contribution in [0.15, 0.2) is 42.5 Å². The Kier molecular flexibility index (Phi) is 2.70. The van der Waals surface area contributed by atoms with Gasteiger partial charge in [0.25, 0.3) is 0 Å². The summed E-state index contributed by atoms with van der Waals surface area (Å²) in [5, 5.41) is 0. The van der Waals surface area contributed by atoms with Crippen LogP contribution in [-0.2, 0) is 13.1 Å². The second-order valence-electron chi connectivity index (χ2n) is 4.36. The minimum Gasteiger partial charge on any atom is -0.399 e. The van der Waals surface area contributed by atoms with Crippen LogP contribution in [0.25, 0.3) is 0 Å². The maximum atomic E-state index is 5.82. The lowest BCUT2D eigenvalue weighted by Gasteiger charge is -2.17. The average Bonchev–Trinajstić information content (AvgIpc) is 2.72. The van der Waals surface area contributed by atoms with Gasteiger partial charge in [-0.25, -0.2) is 0 Å². The second kappa shape index (κ2) is 4.22. The molecule has 0 saturated carbocycles. The summed E-state index contributed by atoms with van der Waals surface area (Å²) in [7, 11) is 0. The van der Waals surface area contributed by atoms with E-state index in [1.54, 1.807) is 0 Å². The average molecular weight is 336 g/mol. The summed E-state index contributed by atoms with van der Waals surface area (Å²) in [4.78, 5) is 2.38. The van der Waals surface area contributed by atoms with Crippen LogP contribution in [-0.4, -0.2) is 0 Å². The maximum Gasteiger partial charge on any atom is 0.0437 e. The molecule has 3 heteroatoms. The summed E-state index contributed by atoms with van der Waals surface area (Å²) in [6, 6.07) is 14.9. The Morgan fingerprint density at radius 1 is 0.941 bits per heavy atom. The molecule has 0 spiro atoms. The molecule has 0 unspecified atom stereocenters. The Morgan fingerprint density at radius 2 is 1.65 bits per heavy atom. The van der Waals surface area contributed by atoms with Crippen molar-refractivity contribution < 1.29 is 0 Å². The van der Waals surface area contributed by atoms with Crippen molar-refractivity contribution >= 4 is 34.0 Å². The zero-order valence-electron chi connectivity index (χ0n) is 9.36. The van der Waals surface area contributed by atoms with Crippen molar-refractivity contribution in [3.63, 3.8) is 0 Å². The van der Waals surface area contributed by atoms with Crippen molar-refractivity contribution in [2.24, 2.45) is 0 Å². The highest BCUT2D eigenvalue weighted by Gasteiger charge is 2.18. The van der Waals surface area contributed by atoms with Crippen molar-refractivity contribution in [2.45, 2.75) is 13.1 Å². The summed E-state index contributed by atoms with van der Waals surface area (Å²) < 4.78 is 1.27. The molecule has 0 atom stereocenters. The van der Waals surface area contributed by atoms with Crippen molar-refractivity contribution in [3.8, 4) is 0 Å². The van der Waals surface area contributed by atoms with Crippen LogP contribution >= 0.6 is 22.6 Å². The molecular weight excluding hydrogens is 323 g/mol. The number of hydrogen-bond donors (Lipinski definition) is 1. The Bertz CT molecular complexity index is 549. The second-order valence-corrected chi connectivity index (χ2v) is 5.61.